The van der Waals surface area contributed by atoms with Crippen LogP contribution in [-0.4, -0.2) is 28.8 Å². The minimum absolute atomic E-state index is 0.00600. The fraction of sp³-hybridized carbons (Fsp3) is 0.105. The van der Waals surface area contributed by atoms with Crippen molar-refractivity contribution in [2.24, 2.45) is 0 Å². The molecule has 2 aromatic carbocycles. The molecular weight excluding hydrogens is 503 g/mol. The van der Waals surface area contributed by atoms with Crippen molar-refractivity contribution in [2.45, 2.75) is 11.8 Å². The molecule has 1 aromatic heterocycles. The molecule has 1 heterocycles. The van der Waals surface area contributed by atoms with Crippen LogP contribution in [0.1, 0.15) is 17.3 Å². The van der Waals surface area contributed by atoms with E-state index in [-0.39, 0.29) is 26.9 Å². The van der Waals surface area contributed by atoms with Gasteiger partial charge in [0, 0.05) is 10.7 Å². The van der Waals surface area contributed by atoms with Crippen LogP contribution in [0.3, 0.4) is 0 Å². The van der Waals surface area contributed by atoms with E-state index in [2.05, 4.69) is 5.32 Å². The molecule has 0 saturated carbocycles. The minimum Gasteiger partial charge on any atom is -0.755 e. The van der Waals surface area contributed by atoms with Gasteiger partial charge in [0.1, 0.15) is 5.00 Å². The highest BCUT2D eigenvalue weighted by Gasteiger charge is 2.21. The summed E-state index contributed by atoms with van der Waals surface area (Å²) in [6.45, 7) is 1.54. The van der Waals surface area contributed by atoms with Crippen molar-refractivity contribution >= 4 is 77.9 Å². The quantitative estimate of drug-likeness (QED) is 0.442. The van der Waals surface area contributed by atoms with Crippen molar-refractivity contribution in [2.75, 3.05) is 15.4 Å². The summed E-state index contributed by atoms with van der Waals surface area (Å²) in [7, 11) is -3.37. The van der Waals surface area contributed by atoms with E-state index < -0.39 is 27.0 Å². The first-order valence-corrected chi connectivity index (χ1v) is 13.0. The first-order chi connectivity index (χ1) is 14.6. The monoisotopic (exact) mass is 517 g/mol. The molecule has 1 N–H and O–H groups in total. The first-order valence-electron chi connectivity index (χ1n) is 8.71. The molecule has 3 rings (SSSR count). The van der Waals surface area contributed by atoms with E-state index >= 15 is 0 Å². The average Bonchev–Trinajstić information content (AvgIpc) is 3.15. The molecule has 0 saturated heterocycles. The second kappa shape index (κ2) is 9.68. The number of benzene rings is 2. The molecule has 31 heavy (non-hydrogen) atoms. The van der Waals surface area contributed by atoms with Gasteiger partial charge in [-0.2, -0.15) is 0 Å². The van der Waals surface area contributed by atoms with E-state index in [9.17, 15) is 22.0 Å². The Morgan fingerprint density at radius 3 is 2.35 bits per heavy atom. The van der Waals surface area contributed by atoms with Gasteiger partial charge in [-0.05, 0) is 54.6 Å². The van der Waals surface area contributed by atoms with Crippen LogP contribution in [0.2, 0.25) is 9.36 Å². The lowest BCUT2D eigenvalue weighted by molar-refractivity contribution is 0.102. The van der Waals surface area contributed by atoms with Crippen molar-refractivity contribution < 1.29 is 22.0 Å². The lowest BCUT2D eigenvalue weighted by atomic mass is 10.1. The fourth-order valence-corrected chi connectivity index (χ4v) is 5.50. The highest BCUT2D eigenvalue weighted by molar-refractivity contribution is 7.91. The number of hydrogen-bond acceptors (Lipinski definition) is 6. The number of amides is 1. The number of nitrogens with one attached hydrogen (secondary N) is 1. The smallest absolute Gasteiger partial charge is 0.257 e. The van der Waals surface area contributed by atoms with Crippen LogP contribution in [0, 0.1) is 0 Å². The van der Waals surface area contributed by atoms with Crippen LogP contribution in [-0.2, 0) is 21.1 Å². The van der Waals surface area contributed by atoms with Crippen LogP contribution in [0.4, 0.5) is 16.4 Å². The predicted molar refractivity (Wildman–Crippen MR) is 124 cm³/mol. The largest absolute Gasteiger partial charge is 0.755 e. The standard InChI is InChI=1S/C19H16Cl2N2O5S3/c1-2-31(27,28)14-6-4-13(5-7-14)22-19(24)15-11-12(20)3-8-16(15)23(30(25)26)18-10-9-17(21)29-18/h3-11H,2H2,1H3,(H,22,24)(H,25,26)/p-1. The second-order valence-electron chi connectivity index (χ2n) is 6.13. The predicted octanol–water partition coefficient (Wildman–Crippen LogP) is 5.03. The molecule has 12 heteroatoms. The Balaban J connectivity index is 1.96. The van der Waals surface area contributed by atoms with Crippen LogP contribution in [0.15, 0.2) is 59.5 Å². The normalized spacial score (nSPS) is 12.4. The average molecular weight is 518 g/mol. The van der Waals surface area contributed by atoms with Gasteiger partial charge in [-0.15, -0.1) is 11.3 Å². The maximum atomic E-state index is 13.0. The highest BCUT2D eigenvalue weighted by Crippen LogP contribution is 2.38. The maximum Gasteiger partial charge on any atom is 0.257 e. The summed E-state index contributed by atoms with van der Waals surface area (Å²) in [5.74, 6) is -0.666. The molecule has 1 unspecified atom stereocenters. The molecule has 164 valence electrons. The number of halogens is 2. The molecule has 0 fully saturated rings. The number of carbonyl (C=O) groups excluding carboxylic acids is 1. The Labute approximate surface area is 195 Å². The Hall–Kier alpha value is -1.95. The van der Waals surface area contributed by atoms with Gasteiger partial charge in [0.2, 0.25) is 0 Å². The summed E-state index contributed by atoms with van der Waals surface area (Å²) < 4.78 is 49.1. The van der Waals surface area contributed by atoms with E-state index in [0.717, 1.165) is 15.6 Å². The van der Waals surface area contributed by atoms with Gasteiger partial charge in [0.25, 0.3) is 5.91 Å². The van der Waals surface area contributed by atoms with Gasteiger partial charge >= 0.3 is 0 Å². The summed E-state index contributed by atoms with van der Waals surface area (Å²) in [6.07, 6.45) is 0. The number of nitrogens with zero attached hydrogens (tertiary/aromatic N) is 1. The van der Waals surface area contributed by atoms with Gasteiger partial charge < -0.3 is 9.87 Å². The van der Waals surface area contributed by atoms with Crippen LogP contribution >= 0.6 is 34.5 Å². The molecule has 0 aliphatic rings. The number of sulfone groups is 1. The molecule has 0 aliphatic heterocycles. The van der Waals surface area contributed by atoms with E-state index in [1.54, 1.807) is 6.07 Å². The Morgan fingerprint density at radius 2 is 1.81 bits per heavy atom. The molecule has 1 amide bonds. The third-order valence-electron chi connectivity index (χ3n) is 4.18. The van der Waals surface area contributed by atoms with E-state index in [1.165, 1.54) is 55.5 Å². The Bertz CT molecular complexity index is 1240. The summed E-state index contributed by atoms with van der Waals surface area (Å²) in [5, 5.41) is 3.16. The zero-order valence-electron chi connectivity index (χ0n) is 15.9. The van der Waals surface area contributed by atoms with Crippen molar-refractivity contribution in [1.82, 2.24) is 0 Å². The fourth-order valence-electron chi connectivity index (χ4n) is 2.66. The zero-order chi connectivity index (χ0) is 22.8. The van der Waals surface area contributed by atoms with Gasteiger partial charge in [0.05, 0.1) is 37.5 Å². The van der Waals surface area contributed by atoms with E-state index in [0.29, 0.717) is 15.0 Å². The molecule has 0 aliphatic carbocycles. The summed E-state index contributed by atoms with van der Waals surface area (Å²) >= 11 is 10.3. The third-order valence-corrected chi connectivity index (χ3v) is 8.19. The van der Waals surface area contributed by atoms with Crippen LogP contribution in [0.25, 0.3) is 0 Å². The Morgan fingerprint density at radius 1 is 1.13 bits per heavy atom. The van der Waals surface area contributed by atoms with Crippen molar-refractivity contribution in [3.8, 4) is 0 Å². The van der Waals surface area contributed by atoms with Crippen LogP contribution < -0.4 is 9.62 Å². The number of thiophene rings is 1. The molecule has 7 nitrogen and oxygen atoms in total. The van der Waals surface area contributed by atoms with E-state index in [1.807, 2.05) is 0 Å². The molecule has 0 radical (unpaired) electrons. The van der Waals surface area contributed by atoms with E-state index in [4.69, 9.17) is 23.2 Å². The molecular formula is C19H15Cl2N2O5S3-. The second-order valence-corrected chi connectivity index (χ2v) is 11.3. The lowest BCUT2D eigenvalue weighted by Gasteiger charge is -2.26. The van der Waals surface area contributed by atoms with Gasteiger partial charge in [0.15, 0.2) is 9.84 Å². The Kier molecular flexibility index (Phi) is 7.40. The number of rotatable bonds is 7. The number of hydrogen-bond donors (Lipinski definition) is 1. The van der Waals surface area contributed by atoms with Crippen molar-refractivity contribution in [3.05, 3.63) is 69.5 Å². The van der Waals surface area contributed by atoms with Gasteiger partial charge in [-0.25, -0.2) is 8.42 Å². The molecule has 0 bridgehead atoms. The summed E-state index contributed by atoms with van der Waals surface area (Å²) in [5.41, 5.74) is 0.422. The summed E-state index contributed by atoms with van der Waals surface area (Å²) in [6, 6.07) is 13.0. The summed E-state index contributed by atoms with van der Waals surface area (Å²) in [4.78, 5) is 13.1. The topological polar surface area (TPSA) is 107 Å². The number of carbonyl (C=O) groups is 1. The molecule has 3 aromatic rings. The third kappa shape index (κ3) is 5.46. The van der Waals surface area contributed by atoms with Gasteiger partial charge in [-0.1, -0.05) is 30.1 Å². The maximum absolute atomic E-state index is 13.0. The SMILES string of the molecule is CCS(=O)(=O)c1ccc(NC(=O)c2cc(Cl)ccc2N(c2ccc(Cl)s2)S(=O)[O-])cc1. The first kappa shape index (κ1) is 23.7. The van der Waals surface area contributed by atoms with Crippen molar-refractivity contribution in [1.29, 1.82) is 0 Å². The molecule has 0 spiro atoms. The lowest BCUT2D eigenvalue weighted by Crippen LogP contribution is -2.23. The van der Waals surface area contributed by atoms with Gasteiger partial charge in [-0.3, -0.25) is 13.3 Å². The molecule has 1 atom stereocenters. The highest BCUT2D eigenvalue weighted by atomic mass is 35.5. The van der Waals surface area contributed by atoms with Crippen molar-refractivity contribution in [3.63, 3.8) is 0 Å². The van der Waals surface area contributed by atoms with Crippen LogP contribution in [0.5, 0.6) is 0 Å². The minimum atomic E-state index is -3.37. The zero-order valence-corrected chi connectivity index (χ0v) is 19.8. The number of anilines is 3.